The Morgan fingerprint density at radius 3 is 2.84 bits per heavy atom. The number of rotatable bonds is 4. The minimum Gasteiger partial charge on any atom is -0.384 e. The summed E-state index contributed by atoms with van der Waals surface area (Å²) in [7, 11) is 3.83. The van der Waals surface area contributed by atoms with Crippen LogP contribution in [0.2, 0.25) is 5.02 Å². The first-order valence-electron chi connectivity index (χ1n) is 5.80. The minimum atomic E-state index is 0.00976. The Bertz CT molecular complexity index is 605. The third-order valence-electron chi connectivity index (χ3n) is 2.84. The summed E-state index contributed by atoms with van der Waals surface area (Å²) in [5.74, 6) is 0.00976. The van der Waals surface area contributed by atoms with Gasteiger partial charge in [-0.15, -0.1) is 0 Å². The Morgan fingerprint density at radius 1 is 1.53 bits per heavy atom. The number of benzene rings is 1. The fourth-order valence-corrected chi connectivity index (χ4v) is 2.14. The average Bonchev–Trinajstić information content (AvgIpc) is 2.74. The van der Waals surface area contributed by atoms with Crippen molar-refractivity contribution >= 4 is 23.1 Å². The van der Waals surface area contributed by atoms with Crippen molar-refractivity contribution in [2.24, 2.45) is 12.8 Å². The SMILES string of the molecule is CN(Cc1cnn(C)c1)c1ccc(Cl)cc1C(=N)N. The van der Waals surface area contributed by atoms with Crippen molar-refractivity contribution in [1.82, 2.24) is 9.78 Å². The van der Waals surface area contributed by atoms with Crippen LogP contribution in [0.15, 0.2) is 30.6 Å². The molecule has 0 aliphatic rings. The molecule has 2 rings (SSSR count). The van der Waals surface area contributed by atoms with E-state index >= 15 is 0 Å². The highest BCUT2D eigenvalue weighted by Crippen LogP contribution is 2.24. The van der Waals surface area contributed by atoms with Gasteiger partial charge in [0, 0.05) is 48.7 Å². The Labute approximate surface area is 117 Å². The van der Waals surface area contributed by atoms with Gasteiger partial charge in [-0.25, -0.2) is 0 Å². The fourth-order valence-electron chi connectivity index (χ4n) is 1.97. The van der Waals surface area contributed by atoms with Crippen molar-refractivity contribution in [1.29, 1.82) is 5.41 Å². The molecule has 0 spiro atoms. The lowest BCUT2D eigenvalue weighted by atomic mass is 10.1. The summed E-state index contributed by atoms with van der Waals surface area (Å²) in [6.45, 7) is 0.690. The van der Waals surface area contributed by atoms with Crippen LogP contribution in [0.1, 0.15) is 11.1 Å². The number of hydrogen-bond donors (Lipinski definition) is 2. The topological polar surface area (TPSA) is 70.9 Å². The van der Waals surface area contributed by atoms with Gasteiger partial charge in [0.15, 0.2) is 0 Å². The maximum atomic E-state index is 7.63. The number of aryl methyl sites for hydroxylation is 1. The van der Waals surface area contributed by atoms with Gasteiger partial charge in [-0.2, -0.15) is 5.10 Å². The zero-order valence-electron chi connectivity index (χ0n) is 10.9. The number of hydrogen-bond acceptors (Lipinski definition) is 3. The molecular weight excluding hydrogens is 262 g/mol. The molecule has 0 aliphatic heterocycles. The first-order chi connectivity index (χ1) is 8.97. The van der Waals surface area contributed by atoms with Gasteiger partial charge in [-0.05, 0) is 18.2 Å². The van der Waals surface area contributed by atoms with Crippen LogP contribution in [0.3, 0.4) is 0 Å². The molecule has 5 nitrogen and oxygen atoms in total. The first-order valence-corrected chi connectivity index (χ1v) is 6.18. The zero-order chi connectivity index (χ0) is 14.0. The van der Waals surface area contributed by atoms with Gasteiger partial charge < -0.3 is 10.6 Å². The first kappa shape index (κ1) is 13.4. The average molecular weight is 278 g/mol. The second kappa shape index (κ2) is 5.32. The Kier molecular flexibility index (Phi) is 3.76. The van der Waals surface area contributed by atoms with E-state index in [4.69, 9.17) is 22.7 Å². The summed E-state index contributed by atoms with van der Waals surface area (Å²) in [4.78, 5) is 2.02. The number of nitrogen functional groups attached to an aromatic ring is 1. The molecule has 0 atom stereocenters. The van der Waals surface area contributed by atoms with Gasteiger partial charge in [-0.3, -0.25) is 10.1 Å². The van der Waals surface area contributed by atoms with E-state index < -0.39 is 0 Å². The summed E-state index contributed by atoms with van der Waals surface area (Å²) >= 11 is 5.95. The lowest BCUT2D eigenvalue weighted by Crippen LogP contribution is -2.21. The van der Waals surface area contributed by atoms with E-state index in [9.17, 15) is 0 Å². The van der Waals surface area contributed by atoms with Crippen LogP contribution in [0.4, 0.5) is 5.69 Å². The van der Waals surface area contributed by atoms with Crippen LogP contribution >= 0.6 is 11.6 Å². The number of nitrogens with one attached hydrogen (secondary N) is 1. The molecule has 100 valence electrons. The van der Waals surface area contributed by atoms with Crippen molar-refractivity contribution in [3.05, 3.63) is 46.7 Å². The molecule has 0 fully saturated rings. The summed E-state index contributed by atoms with van der Waals surface area (Å²) < 4.78 is 1.76. The number of amidine groups is 1. The molecule has 1 heterocycles. The normalized spacial score (nSPS) is 10.5. The summed E-state index contributed by atoms with van der Waals surface area (Å²) in [5.41, 5.74) is 8.21. The number of halogens is 1. The van der Waals surface area contributed by atoms with Crippen molar-refractivity contribution in [2.45, 2.75) is 6.54 Å². The smallest absolute Gasteiger partial charge is 0.124 e. The molecule has 0 saturated carbocycles. The quantitative estimate of drug-likeness (QED) is 0.663. The van der Waals surface area contributed by atoms with Gasteiger partial charge in [0.05, 0.1) is 6.20 Å². The Hall–Kier alpha value is -2.01. The minimum absolute atomic E-state index is 0.00976. The monoisotopic (exact) mass is 277 g/mol. The molecule has 1 aromatic carbocycles. The molecule has 0 unspecified atom stereocenters. The summed E-state index contributed by atoms with van der Waals surface area (Å²) in [6.07, 6.45) is 3.78. The van der Waals surface area contributed by atoms with Crippen molar-refractivity contribution in [3.8, 4) is 0 Å². The van der Waals surface area contributed by atoms with Crippen LogP contribution in [0.25, 0.3) is 0 Å². The molecule has 2 aromatic rings. The van der Waals surface area contributed by atoms with E-state index in [1.165, 1.54) is 0 Å². The van der Waals surface area contributed by atoms with E-state index in [2.05, 4.69) is 5.10 Å². The highest BCUT2D eigenvalue weighted by molar-refractivity contribution is 6.31. The lowest BCUT2D eigenvalue weighted by Gasteiger charge is -2.21. The molecule has 3 N–H and O–H groups in total. The molecule has 19 heavy (non-hydrogen) atoms. The van der Waals surface area contributed by atoms with E-state index in [-0.39, 0.29) is 5.84 Å². The molecule has 0 radical (unpaired) electrons. The Morgan fingerprint density at radius 2 is 2.26 bits per heavy atom. The van der Waals surface area contributed by atoms with Gasteiger partial charge in [-0.1, -0.05) is 11.6 Å². The molecular formula is C13H16ClN5. The van der Waals surface area contributed by atoms with Gasteiger partial charge in [0.25, 0.3) is 0 Å². The van der Waals surface area contributed by atoms with Crippen LogP contribution in [-0.2, 0) is 13.6 Å². The zero-order valence-corrected chi connectivity index (χ0v) is 11.6. The predicted octanol–water partition coefficient (Wildman–Crippen LogP) is 1.99. The molecule has 0 saturated heterocycles. The lowest BCUT2D eigenvalue weighted by molar-refractivity contribution is 0.766. The third-order valence-corrected chi connectivity index (χ3v) is 3.07. The van der Waals surface area contributed by atoms with Crippen molar-refractivity contribution in [3.63, 3.8) is 0 Å². The van der Waals surface area contributed by atoms with Crippen LogP contribution in [0, 0.1) is 5.41 Å². The van der Waals surface area contributed by atoms with E-state index in [1.54, 1.807) is 16.8 Å². The number of anilines is 1. The van der Waals surface area contributed by atoms with Gasteiger partial charge >= 0.3 is 0 Å². The van der Waals surface area contributed by atoms with Crippen molar-refractivity contribution < 1.29 is 0 Å². The number of nitrogens with two attached hydrogens (primary N) is 1. The second-order valence-electron chi connectivity index (χ2n) is 4.45. The molecule has 0 amide bonds. The maximum absolute atomic E-state index is 7.63. The molecule has 0 bridgehead atoms. The van der Waals surface area contributed by atoms with E-state index in [0.717, 1.165) is 11.3 Å². The van der Waals surface area contributed by atoms with Gasteiger partial charge in [0.1, 0.15) is 5.84 Å². The maximum Gasteiger partial charge on any atom is 0.124 e. The van der Waals surface area contributed by atoms with Crippen LogP contribution < -0.4 is 10.6 Å². The summed E-state index contributed by atoms with van der Waals surface area (Å²) in [5, 5.41) is 12.3. The van der Waals surface area contributed by atoms with Crippen LogP contribution in [-0.4, -0.2) is 22.7 Å². The largest absolute Gasteiger partial charge is 0.384 e. The molecule has 1 aromatic heterocycles. The summed E-state index contributed by atoms with van der Waals surface area (Å²) in [6, 6.07) is 5.37. The second-order valence-corrected chi connectivity index (χ2v) is 4.89. The van der Waals surface area contributed by atoms with Gasteiger partial charge in [0.2, 0.25) is 0 Å². The standard InChI is InChI=1S/C13H16ClN5/c1-18(7-9-6-17-19(2)8-9)12-4-3-10(14)5-11(12)13(15)16/h3-6,8H,7H2,1-2H3,(H3,15,16). The Balaban J connectivity index is 2.28. The van der Waals surface area contributed by atoms with Crippen LogP contribution in [0.5, 0.6) is 0 Å². The van der Waals surface area contributed by atoms with E-state index in [0.29, 0.717) is 17.1 Å². The number of aromatic nitrogens is 2. The highest BCUT2D eigenvalue weighted by atomic mass is 35.5. The molecule has 6 heteroatoms. The molecule has 0 aliphatic carbocycles. The van der Waals surface area contributed by atoms with E-state index in [1.807, 2.05) is 37.5 Å². The predicted molar refractivity (Wildman–Crippen MR) is 77.8 cm³/mol. The highest BCUT2D eigenvalue weighted by Gasteiger charge is 2.11. The third kappa shape index (κ3) is 3.06. The van der Waals surface area contributed by atoms with Crippen molar-refractivity contribution in [2.75, 3.05) is 11.9 Å². The fraction of sp³-hybridized carbons (Fsp3) is 0.231. The number of nitrogens with zero attached hydrogens (tertiary/aromatic N) is 3.